The van der Waals surface area contributed by atoms with Gasteiger partial charge in [0.05, 0.1) is 11.4 Å². The van der Waals surface area contributed by atoms with Gasteiger partial charge in [-0.25, -0.2) is 8.42 Å². The van der Waals surface area contributed by atoms with Crippen molar-refractivity contribution >= 4 is 27.3 Å². The Bertz CT molecular complexity index is 681. The molecule has 0 spiro atoms. The molecule has 0 radical (unpaired) electrons. The molecule has 0 saturated carbocycles. The quantitative estimate of drug-likeness (QED) is 0.912. The van der Waals surface area contributed by atoms with Gasteiger partial charge in [0, 0.05) is 5.02 Å². The number of rotatable bonds is 5. The lowest BCUT2D eigenvalue weighted by molar-refractivity contribution is 0.600. The third kappa shape index (κ3) is 3.99. The molecule has 0 aliphatic carbocycles. The standard InChI is InChI=1S/C15H16ClNO2S/c1-2-13-5-3-4-6-15(13)17-20(18,19)11-12-7-9-14(16)10-8-12/h3-10,17H,2,11H2,1H3. The van der Waals surface area contributed by atoms with Crippen molar-refractivity contribution in [3.8, 4) is 0 Å². The van der Waals surface area contributed by atoms with Crippen LogP contribution in [0, 0.1) is 0 Å². The van der Waals surface area contributed by atoms with Crippen LogP contribution in [0.5, 0.6) is 0 Å². The van der Waals surface area contributed by atoms with Gasteiger partial charge in [-0.3, -0.25) is 4.72 Å². The minimum atomic E-state index is -3.43. The van der Waals surface area contributed by atoms with Gasteiger partial charge >= 0.3 is 0 Å². The summed E-state index contributed by atoms with van der Waals surface area (Å²) in [6.45, 7) is 1.99. The van der Waals surface area contributed by atoms with Gasteiger partial charge in [0.1, 0.15) is 0 Å². The molecule has 106 valence electrons. The Hall–Kier alpha value is -1.52. The Labute approximate surface area is 124 Å². The first-order valence-corrected chi connectivity index (χ1v) is 8.36. The van der Waals surface area contributed by atoms with Gasteiger partial charge in [-0.05, 0) is 35.7 Å². The van der Waals surface area contributed by atoms with Crippen LogP contribution in [0.25, 0.3) is 0 Å². The number of anilines is 1. The van der Waals surface area contributed by atoms with Crippen LogP contribution in [-0.2, 0) is 22.2 Å². The summed E-state index contributed by atoms with van der Waals surface area (Å²) in [6, 6.07) is 14.2. The molecule has 2 rings (SSSR count). The lowest BCUT2D eigenvalue weighted by Gasteiger charge is -2.11. The summed E-state index contributed by atoms with van der Waals surface area (Å²) in [5.74, 6) is -0.0672. The third-order valence-corrected chi connectivity index (χ3v) is 4.43. The third-order valence-electron chi connectivity index (χ3n) is 2.93. The fraction of sp³-hybridized carbons (Fsp3) is 0.200. The Morgan fingerprint density at radius 3 is 2.35 bits per heavy atom. The summed E-state index contributed by atoms with van der Waals surface area (Å²) in [6.07, 6.45) is 0.777. The second-order valence-electron chi connectivity index (χ2n) is 4.50. The van der Waals surface area contributed by atoms with E-state index in [4.69, 9.17) is 11.6 Å². The van der Waals surface area contributed by atoms with Gasteiger partial charge in [-0.1, -0.05) is 48.9 Å². The maximum absolute atomic E-state index is 12.2. The van der Waals surface area contributed by atoms with Crippen LogP contribution in [0.1, 0.15) is 18.1 Å². The van der Waals surface area contributed by atoms with Crippen molar-refractivity contribution in [2.45, 2.75) is 19.1 Å². The molecule has 20 heavy (non-hydrogen) atoms. The summed E-state index contributed by atoms with van der Waals surface area (Å²) >= 11 is 5.79. The number of aryl methyl sites for hydroxylation is 1. The van der Waals surface area contributed by atoms with Crippen LogP contribution >= 0.6 is 11.6 Å². The zero-order valence-corrected chi connectivity index (χ0v) is 12.7. The second-order valence-corrected chi connectivity index (χ2v) is 6.66. The predicted octanol–water partition coefficient (Wildman–Crippen LogP) is 3.84. The SMILES string of the molecule is CCc1ccccc1NS(=O)(=O)Cc1ccc(Cl)cc1. The van der Waals surface area contributed by atoms with Gasteiger partial charge in [0.25, 0.3) is 0 Å². The summed E-state index contributed by atoms with van der Waals surface area (Å²) in [5, 5.41) is 0.593. The average molecular weight is 310 g/mol. The first kappa shape index (κ1) is 14.9. The van der Waals surface area contributed by atoms with Gasteiger partial charge < -0.3 is 0 Å². The number of sulfonamides is 1. The van der Waals surface area contributed by atoms with Gasteiger partial charge in [-0.15, -0.1) is 0 Å². The molecule has 0 aromatic heterocycles. The molecule has 0 amide bonds. The Morgan fingerprint density at radius 2 is 1.70 bits per heavy atom. The molecule has 0 fully saturated rings. The molecule has 0 aliphatic heterocycles. The largest absolute Gasteiger partial charge is 0.283 e. The van der Waals surface area contributed by atoms with Gasteiger partial charge in [-0.2, -0.15) is 0 Å². The Kier molecular flexibility index (Phi) is 4.68. The lowest BCUT2D eigenvalue weighted by atomic mass is 10.1. The number of halogens is 1. The topological polar surface area (TPSA) is 46.2 Å². The number of benzene rings is 2. The van der Waals surface area contributed by atoms with E-state index in [0.29, 0.717) is 16.3 Å². The molecule has 2 aromatic carbocycles. The highest BCUT2D eigenvalue weighted by Crippen LogP contribution is 2.19. The monoisotopic (exact) mass is 309 g/mol. The van der Waals surface area contributed by atoms with E-state index in [0.717, 1.165) is 12.0 Å². The van der Waals surface area contributed by atoms with E-state index in [2.05, 4.69) is 4.72 Å². The van der Waals surface area contributed by atoms with Gasteiger partial charge in [0.15, 0.2) is 0 Å². The van der Waals surface area contributed by atoms with Crippen molar-refractivity contribution in [3.05, 3.63) is 64.7 Å². The first-order valence-electron chi connectivity index (χ1n) is 6.33. The van der Waals surface area contributed by atoms with E-state index in [1.165, 1.54) is 0 Å². The van der Waals surface area contributed by atoms with E-state index in [1.807, 2.05) is 25.1 Å². The fourth-order valence-electron chi connectivity index (χ4n) is 1.93. The Balaban J connectivity index is 2.17. The molecule has 3 nitrogen and oxygen atoms in total. The van der Waals surface area contributed by atoms with Crippen LogP contribution in [-0.4, -0.2) is 8.42 Å². The predicted molar refractivity (Wildman–Crippen MR) is 83.5 cm³/mol. The zero-order chi connectivity index (χ0) is 14.6. The number of hydrogen-bond acceptors (Lipinski definition) is 2. The van der Waals surface area contributed by atoms with E-state index >= 15 is 0 Å². The van der Waals surface area contributed by atoms with E-state index < -0.39 is 10.0 Å². The normalized spacial score (nSPS) is 11.3. The van der Waals surface area contributed by atoms with E-state index in [9.17, 15) is 8.42 Å². The lowest BCUT2D eigenvalue weighted by Crippen LogP contribution is -2.16. The summed E-state index contributed by atoms with van der Waals surface area (Å²) < 4.78 is 27.0. The molecule has 5 heteroatoms. The number of nitrogens with one attached hydrogen (secondary N) is 1. The van der Waals surface area contributed by atoms with Crippen LogP contribution in [0.4, 0.5) is 5.69 Å². The van der Waals surface area contributed by atoms with Crippen LogP contribution < -0.4 is 4.72 Å². The molecule has 0 bridgehead atoms. The first-order chi connectivity index (χ1) is 9.50. The molecule has 2 aromatic rings. The van der Waals surface area contributed by atoms with E-state index in [-0.39, 0.29) is 5.75 Å². The molecular formula is C15H16ClNO2S. The van der Waals surface area contributed by atoms with Crippen molar-refractivity contribution in [3.63, 3.8) is 0 Å². The highest BCUT2D eigenvalue weighted by Gasteiger charge is 2.13. The zero-order valence-electron chi connectivity index (χ0n) is 11.1. The van der Waals surface area contributed by atoms with Crippen LogP contribution in [0.15, 0.2) is 48.5 Å². The van der Waals surface area contributed by atoms with Crippen molar-refractivity contribution in [2.24, 2.45) is 0 Å². The smallest absolute Gasteiger partial charge is 0.236 e. The summed E-state index contributed by atoms with van der Waals surface area (Å²) in [4.78, 5) is 0. The van der Waals surface area contributed by atoms with Crippen molar-refractivity contribution < 1.29 is 8.42 Å². The maximum Gasteiger partial charge on any atom is 0.236 e. The minimum Gasteiger partial charge on any atom is -0.283 e. The molecule has 1 N–H and O–H groups in total. The maximum atomic E-state index is 12.2. The van der Waals surface area contributed by atoms with Gasteiger partial charge in [0.2, 0.25) is 10.0 Å². The van der Waals surface area contributed by atoms with Crippen molar-refractivity contribution in [1.82, 2.24) is 0 Å². The Morgan fingerprint density at radius 1 is 1.05 bits per heavy atom. The highest BCUT2D eigenvalue weighted by atomic mass is 35.5. The molecular weight excluding hydrogens is 294 g/mol. The minimum absolute atomic E-state index is 0.0672. The summed E-state index contributed by atoms with van der Waals surface area (Å²) in [7, 11) is -3.43. The van der Waals surface area contributed by atoms with E-state index in [1.54, 1.807) is 30.3 Å². The number of para-hydroxylation sites is 1. The number of hydrogen-bond donors (Lipinski definition) is 1. The second kappa shape index (κ2) is 6.29. The van der Waals surface area contributed by atoms with Crippen molar-refractivity contribution in [2.75, 3.05) is 4.72 Å². The molecule has 0 heterocycles. The van der Waals surface area contributed by atoms with Crippen molar-refractivity contribution in [1.29, 1.82) is 0 Å². The molecule has 0 saturated heterocycles. The van der Waals surface area contributed by atoms with Crippen LogP contribution in [0.2, 0.25) is 5.02 Å². The summed E-state index contributed by atoms with van der Waals surface area (Å²) in [5.41, 5.74) is 2.33. The fourth-order valence-corrected chi connectivity index (χ4v) is 3.30. The molecule has 0 unspecified atom stereocenters. The average Bonchev–Trinajstić information content (AvgIpc) is 2.41. The molecule has 0 atom stereocenters. The van der Waals surface area contributed by atoms with Crippen LogP contribution in [0.3, 0.4) is 0 Å². The molecule has 0 aliphatic rings. The highest BCUT2D eigenvalue weighted by molar-refractivity contribution is 7.91.